The third kappa shape index (κ3) is 5.02. The van der Waals surface area contributed by atoms with Crippen LogP contribution in [0.4, 0.5) is 10.1 Å². The Balaban J connectivity index is 1.70. The summed E-state index contributed by atoms with van der Waals surface area (Å²) in [6, 6.07) is 8.15. The van der Waals surface area contributed by atoms with E-state index in [9.17, 15) is 17.6 Å². The minimum Gasteiger partial charge on any atom is -0.379 e. The van der Waals surface area contributed by atoms with Crippen molar-refractivity contribution in [3.8, 4) is 22.7 Å². The molecule has 3 aromatic rings. The molecule has 0 aliphatic carbocycles. The summed E-state index contributed by atoms with van der Waals surface area (Å²) in [4.78, 5) is 14.4. The molecule has 3 heterocycles. The molecule has 1 amide bonds. The maximum Gasteiger partial charge on any atom is 0.257 e. The van der Waals surface area contributed by atoms with Gasteiger partial charge in [-0.3, -0.25) is 9.78 Å². The van der Waals surface area contributed by atoms with Gasteiger partial charge < -0.3 is 14.6 Å². The van der Waals surface area contributed by atoms with Crippen LogP contribution in [0.1, 0.15) is 0 Å². The van der Waals surface area contributed by atoms with Gasteiger partial charge in [-0.2, -0.15) is 4.31 Å². The first-order chi connectivity index (χ1) is 15.8. The van der Waals surface area contributed by atoms with Gasteiger partial charge in [-0.1, -0.05) is 34.4 Å². The maximum atomic E-state index is 14.9. The van der Waals surface area contributed by atoms with Crippen LogP contribution in [0.5, 0.6) is 0 Å². The van der Waals surface area contributed by atoms with Crippen LogP contribution in [0.15, 0.2) is 52.0 Å². The molecule has 2 aromatic heterocycles. The van der Waals surface area contributed by atoms with Crippen molar-refractivity contribution in [1.29, 1.82) is 0 Å². The number of ether oxygens (including phenoxy) is 1. The Labute approximate surface area is 198 Å². The number of halogens is 3. The lowest BCUT2D eigenvalue weighted by molar-refractivity contribution is -0.114. The van der Waals surface area contributed by atoms with Crippen LogP contribution in [0.25, 0.3) is 22.7 Å². The van der Waals surface area contributed by atoms with E-state index in [1.165, 1.54) is 40.8 Å². The monoisotopic (exact) mass is 514 g/mol. The van der Waals surface area contributed by atoms with Crippen LogP contribution in [-0.2, 0) is 19.6 Å². The molecule has 1 N–H and O–H groups in total. The van der Waals surface area contributed by atoms with Gasteiger partial charge in [0.05, 0.1) is 23.7 Å². The third-order valence-electron chi connectivity index (χ3n) is 4.81. The maximum absolute atomic E-state index is 14.9. The molecule has 174 valence electrons. The van der Waals surface area contributed by atoms with Gasteiger partial charge in [-0.15, -0.1) is 0 Å². The van der Waals surface area contributed by atoms with E-state index in [4.69, 9.17) is 32.5 Å². The molecule has 1 fully saturated rings. The van der Waals surface area contributed by atoms with Gasteiger partial charge in [0.25, 0.3) is 5.91 Å². The van der Waals surface area contributed by atoms with E-state index >= 15 is 0 Å². The van der Waals surface area contributed by atoms with Gasteiger partial charge >= 0.3 is 0 Å². The number of nitrogens with one attached hydrogen (secondary N) is 1. The van der Waals surface area contributed by atoms with Gasteiger partial charge in [0, 0.05) is 31.0 Å². The highest BCUT2D eigenvalue weighted by molar-refractivity contribution is 7.89. The van der Waals surface area contributed by atoms with Gasteiger partial charge in [0.15, 0.2) is 10.6 Å². The zero-order valence-electron chi connectivity index (χ0n) is 16.9. The number of rotatable bonds is 6. The Hall–Kier alpha value is -2.57. The number of hydrogen-bond donors (Lipinski definition) is 1. The minimum absolute atomic E-state index is 0.0206. The highest BCUT2D eigenvalue weighted by Crippen LogP contribution is 2.34. The standard InChI is InChI=1S/C20H17Cl2FN4O5S/c21-19(22)20(28)25-12-4-5-24-14(10-12)16-11-15(26-32-16)18-13(23)2-1-3-17(18)33(29,30)27-6-8-31-9-7-27/h1-5,10-11,19H,6-9H2,(H,24,25,28). The lowest BCUT2D eigenvalue weighted by Gasteiger charge is -2.26. The number of morpholine rings is 1. The number of alkyl halides is 2. The van der Waals surface area contributed by atoms with Crippen LogP contribution < -0.4 is 5.32 Å². The van der Waals surface area contributed by atoms with Gasteiger partial charge in [-0.25, -0.2) is 12.8 Å². The van der Waals surface area contributed by atoms with Crippen LogP contribution in [0.3, 0.4) is 0 Å². The Kier molecular flexibility index (Phi) is 6.96. The fraction of sp³-hybridized carbons (Fsp3) is 0.250. The first-order valence-corrected chi connectivity index (χ1v) is 12.0. The zero-order chi connectivity index (χ0) is 23.6. The molecule has 1 saturated heterocycles. The molecule has 0 bridgehead atoms. The molecule has 13 heteroatoms. The van der Waals surface area contributed by atoms with Crippen LogP contribution in [0.2, 0.25) is 0 Å². The highest BCUT2D eigenvalue weighted by Gasteiger charge is 2.31. The van der Waals surface area contributed by atoms with Crippen LogP contribution in [0, 0.1) is 5.82 Å². The molecular formula is C20H17Cl2FN4O5S. The number of benzene rings is 1. The second-order valence-corrected chi connectivity index (χ2v) is 9.93. The van der Waals surface area contributed by atoms with E-state index in [1.807, 2.05) is 0 Å². The van der Waals surface area contributed by atoms with Crippen LogP contribution >= 0.6 is 23.2 Å². The smallest absolute Gasteiger partial charge is 0.257 e. The predicted octanol–water partition coefficient (Wildman–Crippen LogP) is 3.31. The second-order valence-electron chi connectivity index (χ2n) is 6.93. The SMILES string of the molecule is O=C(Nc1ccnc(-c2cc(-c3c(F)cccc3S(=O)(=O)N3CCOCC3)no2)c1)C(Cl)Cl. The first-order valence-electron chi connectivity index (χ1n) is 9.66. The van der Waals surface area contributed by atoms with Gasteiger partial charge in [0.1, 0.15) is 17.2 Å². The van der Waals surface area contributed by atoms with E-state index in [0.717, 1.165) is 6.07 Å². The largest absolute Gasteiger partial charge is 0.379 e. The molecule has 9 nitrogen and oxygen atoms in total. The number of amides is 1. The van der Waals surface area contributed by atoms with E-state index in [1.54, 1.807) is 0 Å². The van der Waals surface area contributed by atoms with E-state index < -0.39 is 26.6 Å². The van der Waals surface area contributed by atoms with Gasteiger partial charge in [-0.05, 0) is 24.3 Å². The average molecular weight is 515 g/mol. The third-order valence-corrected chi connectivity index (χ3v) is 7.15. The predicted molar refractivity (Wildman–Crippen MR) is 119 cm³/mol. The van der Waals surface area contributed by atoms with E-state index in [2.05, 4.69) is 15.5 Å². The molecule has 0 spiro atoms. The number of carbonyl (C=O) groups is 1. The molecule has 1 aromatic carbocycles. The average Bonchev–Trinajstić information content (AvgIpc) is 3.29. The van der Waals surface area contributed by atoms with Crippen molar-refractivity contribution in [1.82, 2.24) is 14.4 Å². The highest BCUT2D eigenvalue weighted by atomic mass is 35.5. The molecule has 0 radical (unpaired) electrons. The van der Waals surface area contributed by atoms with Crippen LogP contribution in [-0.4, -0.2) is 59.9 Å². The van der Waals surface area contributed by atoms with Gasteiger partial charge in [0.2, 0.25) is 10.0 Å². The fourth-order valence-electron chi connectivity index (χ4n) is 3.25. The van der Waals surface area contributed by atoms with Crippen molar-refractivity contribution < 1.29 is 26.9 Å². The molecule has 1 aliphatic rings. The molecule has 4 rings (SSSR count). The number of aromatic nitrogens is 2. The first kappa shape index (κ1) is 23.6. The van der Waals surface area contributed by atoms with E-state index in [0.29, 0.717) is 5.69 Å². The summed E-state index contributed by atoms with van der Waals surface area (Å²) in [6.07, 6.45) is 1.40. The minimum atomic E-state index is -4.00. The van der Waals surface area contributed by atoms with Crippen molar-refractivity contribution in [3.63, 3.8) is 0 Å². The number of nitrogens with zero attached hydrogens (tertiary/aromatic N) is 3. The lowest BCUT2D eigenvalue weighted by atomic mass is 10.1. The number of sulfonamides is 1. The number of carbonyl (C=O) groups excluding carboxylic acids is 1. The van der Waals surface area contributed by atoms with Crippen molar-refractivity contribution in [2.75, 3.05) is 31.6 Å². The Morgan fingerprint density at radius 1 is 1.15 bits per heavy atom. The summed E-state index contributed by atoms with van der Waals surface area (Å²) in [5.41, 5.74) is 0.375. The molecule has 1 aliphatic heterocycles. The summed E-state index contributed by atoms with van der Waals surface area (Å²) < 4.78 is 53.0. The normalized spacial score (nSPS) is 15.0. The summed E-state index contributed by atoms with van der Waals surface area (Å²) in [5, 5.41) is 6.37. The Bertz CT molecular complexity index is 1280. The Morgan fingerprint density at radius 2 is 1.91 bits per heavy atom. The van der Waals surface area contributed by atoms with Crippen molar-refractivity contribution >= 4 is 44.8 Å². The lowest BCUT2D eigenvalue weighted by Crippen LogP contribution is -2.40. The fourth-order valence-corrected chi connectivity index (χ4v) is 4.98. The van der Waals surface area contributed by atoms with Crippen molar-refractivity contribution in [2.24, 2.45) is 0 Å². The van der Waals surface area contributed by atoms with Crippen molar-refractivity contribution in [3.05, 3.63) is 48.4 Å². The molecular weight excluding hydrogens is 498 g/mol. The number of hydrogen-bond acceptors (Lipinski definition) is 7. The Morgan fingerprint density at radius 3 is 2.64 bits per heavy atom. The molecule has 0 unspecified atom stereocenters. The molecule has 33 heavy (non-hydrogen) atoms. The van der Waals surface area contributed by atoms with E-state index in [-0.39, 0.29) is 53.9 Å². The number of pyridine rings is 1. The molecule has 0 atom stereocenters. The topological polar surface area (TPSA) is 115 Å². The van der Waals surface area contributed by atoms with Crippen molar-refractivity contribution in [2.45, 2.75) is 9.73 Å². The molecule has 0 saturated carbocycles. The number of anilines is 1. The zero-order valence-corrected chi connectivity index (χ0v) is 19.2. The second kappa shape index (κ2) is 9.74. The quantitative estimate of drug-likeness (QED) is 0.501. The summed E-state index contributed by atoms with van der Waals surface area (Å²) in [6.45, 7) is 0.835. The summed E-state index contributed by atoms with van der Waals surface area (Å²) in [7, 11) is -4.00. The summed E-state index contributed by atoms with van der Waals surface area (Å²) in [5.74, 6) is -1.26. The summed E-state index contributed by atoms with van der Waals surface area (Å²) >= 11 is 11.1.